The predicted molar refractivity (Wildman–Crippen MR) is 53.9 cm³/mol. The van der Waals surface area contributed by atoms with Crippen LogP contribution in [-0.4, -0.2) is 9.78 Å². The molecule has 0 atom stereocenters. The van der Waals surface area contributed by atoms with E-state index in [0.717, 1.165) is 15.7 Å². The Morgan fingerprint density at radius 2 is 2.43 bits per heavy atom. The van der Waals surface area contributed by atoms with Crippen LogP contribution in [0.2, 0.25) is 0 Å². The molecule has 2 heterocycles. The second-order valence-electron chi connectivity index (χ2n) is 2.88. The molecular weight excluding hydrogens is 198 g/mol. The number of hydrogen-bond donors (Lipinski definition) is 1. The van der Waals surface area contributed by atoms with Crippen LogP contribution in [0.15, 0.2) is 38.9 Å². The molecule has 0 saturated carbocycles. The van der Waals surface area contributed by atoms with E-state index in [4.69, 9.17) is 10.2 Å². The predicted octanol–water partition coefficient (Wildman–Crippen LogP) is 1.62. The molecule has 5 heteroatoms. The van der Waals surface area contributed by atoms with Gasteiger partial charge in [-0.05, 0) is 23.9 Å². The van der Waals surface area contributed by atoms with E-state index in [-0.39, 0.29) is 0 Å². The van der Waals surface area contributed by atoms with Gasteiger partial charge in [0.1, 0.15) is 5.76 Å². The van der Waals surface area contributed by atoms with E-state index >= 15 is 0 Å². The second kappa shape index (κ2) is 3.89. The summed E-state index contributed by atoms with van der Waals surface area (Å²) in [5.74, 6) is 0.802. The van der Waals surface area contributed by atoms with E-state index in [2.05, 4.69) is 5.10 Å². The minimum Gasteiger partial charge on any atom is -0.453 e. The zero-order chi connectivity index (χ0) is 9.97. The molecule has 2 aromatic rings. The summed E-state index contributed by atoms with van der Waals surface area (Å²) in [6.45, 7) is 0.438. The Balaban J connectivity index is 2.10. The van der Waals surface area contributed by atoms with Crippen molar-refractivity contribution in [2.45, 2.75) is 16.5 Å². The minimum absolute atomic E-state index is 0.438. The Labute approximate surface area is 86.1 Å². The van der Waals surface area contributed by atoms with Gasteiger partial charge in [0.2, 0.25) is 0 Å². The van der Waals surface area contributed by atoms with Gasteiger partial charge in [0.05, 0.1) is 17.6 Å². The van der Waals surface area contributed by atoms with Gasteiger partial charge in [-0.25, -0.2) is 0 Å². The van der Waals surface area contributed by atoms with Crippen molar-refractivity contribution >= 4 is 11.8 Å². The monoisotopic (exact) mass is 209 g/mol. The molecule has 74 valence electrons. The van der Waals surface area contributed by atoms with E-state index in [1.807, 2.05) is 25.4 Å². The summed E-state index contributed by atoms with van der Waals surface area (Å²) < 4.78 is 7.21. The number of aryl methyl sites for hydroxylation is 1. The van der Waals surface area contributed by atoms with Crippen molar-refractivity contribution in [3.05, 3.63) is 30.3 Å². The lowest BCUT2D eigenvalue weighted by Gasteiger charge is -1.91. The standard InChI is InChI=1S/C9H11N3OS/c1-12-6-8(5-11-12)14-9-3-2-7(4-10)13-9/h2-3,5-6H,4,10H2,1H3. The highest BCUT2D eigenvalue weighted by atomic mass is 32.2. The van der Waals surface area contributed by atoms with Crippen LogP contribution in [0.5, 0.6) is 0 Å². The summed E-state index contributed by atoms with van der Waals surface area (Å²) in [7, 11) is 1.89. The SMILES string of the molecule is Cn1cc(Sc2ccc(CN)o2)cn1. The third-order valence-electron chi connectivity index (χ3n) is 1.74. The van der Waals surface area contributed by atoms with Crippen molar-refractivity contribution in [3.8, 4) is 0 Å². The Kier molecular flexibility index (Phi) is 2.60. The molecular formula is C9H11N3OS. The summed E-state index contributed by atoms with van der Waals surface area (Å²) in [5, 5.41) is 4.92. The maximum absolute atomic E-state index is 5.45. The first-order chi connectivity index (χ1) is 6.78. The van der Waals surface area contributed by atoms with Gasteiger partial charge in [-0.2, -0.15) is 5.10 Å². The van der Waals surface area contributed by atoms with E-state index in [9.17, 15) is 0 Å². The molecule has 0 bridgehead atoms. The molecule has 0 unspecified atom stereocenters. The van der Waals surface area contributed by atoms with Crippen LogP contribution in [0.3, 0.4) is 0 Å². The van der Waals surface area contributed by atoms with Crippen LogP contribution in [0.1, 0.15) is 5.76 Å². The van der Waals surface area contributed by atoms with Crippen molar-refractivity contribution in [1.29, 1.82) is 0 Å². The zero-order valence-electron chi connectivity index (χ0n) is 7.80. The van der Waals surface area contributed by atoms with Crippen molar-refractivity contribution in [1.82, 2.24) is 9.78 Å². The molecule has 0 aliphatic rings. The third-order valence-corrected chi connectivity index (χ3v) is 2.60. The van der Waals surface area contributed by atoms with Crippen molar-refractivity contribution in [3.63, 3.8) is 0 Å². The molecule has 0 aromatic carbocycles. The highest BCUT2D eigenvalue weighted by molar-refractivity contribution is 7.99. The first-order valence-corrected chi connectivity index (χ1v) is 5.05. The Morgan fingerprint density at radius 1 is 1.57 bits per heavy atom. The molecule has 0 aliphatic carbocycles. The zero-order valence-corrected chi connectivity index (χ0v) is 8.62. The van der Waals surface area contributed by atoms with Gasteiger partial charge in [-0.3, -0.25) is 4.68 Å². The van der Waals surface area contributed by atoms with E-state index in [0.29, 0.717) is 6.54 Å². The van der Waals surface area contributed by atoms with E-state index < -0.39 is 0 Å². The lowest BCUT2D eigenvalue weighted by molar-refractivity contribution is 0.433. The van der Waals surface area contributed by atoms with Crippen LogP contribution in [0.25, 0.3) is 0 Å². The summed E-state index contributed by atoms with van der Waals surface area (Å²) in [6.07, 6.45) is 3.74. The number of furan rings is 1. The topological polar surface area (TPSA) is 57.0 Å². The van der Waals surface area contributed by atoms with Crippen LogP contribution < -0.4 is 5.73 Å². The number of hydrogen-bond acceptors (Lipinski definition) is 4. The van der Waals surface area contributed by atoms with Gasteiger partial charge in [-0.15, -0.1) is 0 Å². The number of nitrogens with two attached hydrogens (primary N) is 1. The first-order valence-electron chi connectivity index (χ1n) is 4.23. The summed E-state index contributed by atoms with van der Waals surface area (Å²) in [6, 6.07) is 3.80. The van der Waals surface area contributed by atoms with Gasteiger partial charge in [0.25, 0.3) is 0 Å². The van der Waals surface area contributed by atoms with Crippen molar-refractivity contribution in [2.24, 2.45) is 12.8 Å². The highest BCUT2D eigenvalue weighted by Gasteiger charge is 2.04. The van der Waals surface area contributed by atoms with Crippen molar-refractivity contribution in [2.75, 3.05) is 0 Å². The van der Waals surface area contributed by atoms with E-state index in [1.165, 1.54) is 11.8 Å². The molecule has 0 saturated heterocycles. The van der Waals surface area contributed by atoms with Crippen molar-refractivity contribution < 1.29 is 4.42 Å². The molecule has 2 N–H and O–H groups in total. The lowest BCUT2D eigenvalue weighted by Crippen LogP contribution is -1.92. The molecule has 0 aliphatic heterocycles. The fourth-order valence-electron chi connectivity index (χ4n) is 1.09. The molecule has 0 spiro atoms. The van der Waals surface area contributed by atoms with Gasteiger partial charge in [0, 0.05) is 13.2 Å². The van der Waals surface area contributed by atoms with Crippen LogP contribution >= 0.6 is 11.8 Å². The first kappa shape index (κ1) is 9.36. The summed E-state index contributed by atoms with van der Waals surface area (Å²) in [5.41, 5.74) is 5.44. The Morgan fingerprint density at radius 3 is 3.00 bits per heavy atom. The smallest absolute Gasteiger partial charge is 0.165 e. The lowest BCUT2D eigenvalue weighted by atomic mass is 10.5. The molecule has 0 amide bonds. The molecule has 0 radical (unpaired) electrons. The number of nitrogens with zero attached hydrogens (tertiary/aromatic N) is 2. The van der Waals surface area contributed by atoms with Gasteiger partial charge >= 0.3 is 0 Å². The molecule has 2 rings (SSSR count). The normalized spacial score (nSPS) is 10.7. The fraction of sp³-hybridized carbons (Fsp3) is 0.222. The van der Waals surface area contributed by atoms with Gasteiger partial charge < -0.3 is 10.2 Å². The minimum atomic E-state index is 0.438. The van der Waals surface area contributed by atoms with Gasteiger partial charge in [0.15, 0.2) is 5.09 Å². The third kappa shape index (κ3) is 2.00. The molecule has 0 fully saturated rings. The average molecular weight is 209 g/mol. The number of aromatic nitrogens is 2. The summed E-state index contributed by atoms with van der Waals surface area (Å²) >= 11 is 1.54. The largest absolute Gasteiger partial charge is 0.453 e. The molecule has 4 nitrogen and oxygen atoms in total. The van der Waals surface area contributed by atoms with Crippen LogP contribution in [0, 0.1) is 0 Å². The van der Waals surface area contributed by atoms with Gasteiger partial charge in [-0.1, -0.05) is 0 Å². The quantitative estimate of drug-likeness (QED) is 0.834. The van der Waals surface area contributed by atoms with Crippen LogP contribution in [0.4, 0.5) is 0 Å². The molecule has 2 aromatic heterocycles. The highest BCUT2D eigenvalue weighted by Crippen LogP contribution is 2.28. The average Bonchev–Trinajstić information content (AvgIpc) is 2.76. The maximum atomic E-state index is 5.45. The Bertz CT molecular complexity index is 421. The second-order valence-corrected chi connectivity index (χ2v) is 3.95. The fourth-order valence-corrected chi connectivity index (χ4v) is 1.91. The van der Waals surface area contributed by atoms with E-state index in [1.54, 1.807) is 10.9 Å². The number of rotatable bonds is 3. The summed E-state index contributed by atoms with van der Waals surface area (Å²) in [4.78, 5) is 1.06. The molecule has 14 heavy (non-hydrogen) atoms. The van der Waals surface area contributed by atoms with Crippen LogP contribution in [-0.2, 0) is 13.6 Å². The Hall–Kier alpha value is -1.20. The maximum Gasteiger partial charge on any atom is 0.165 e.